The Balaban J connectivity index is 1.88. The monoisotopic (exact) mass is 426 g/mol. The van der Waals surface area contributed by atoms with Crippen LogP contribution in [-0.4, -0.2) is 26.3 Å². The number of sulfonamides is 1. The largest absolute Gasteiger partial charge is 0.335 e. The van der Waals surface area contributed by atoms with E-state index in [2.05, 4.69) is 4.72 Å². The maximum Gasteiger partial charge on any atom is 0.261 e. The lowest BCUT2D eigenvalue weighted by molar-refractivity contribution is 0.0741. The maximum atomic E-state index is 13.1. The third kappa shape index (κ3) is 4.68. The highest BCUT2D eigenvalue weighted by molar-refractivity contribution is 7.92. The van der Waals surface area contributed by atoms with E-state index in [1.54, 1.807) is 24.9 Å². The molecule has 0 aliphatic carbocycles. The standard InChI is InChI=1S/C23H23FN2O3S/c1-16-9-14-21(30(28,29)25-20-12-10-19(24)11-13-20)15-22(16)23(27)26(3)17(2)18-7-5-4-6-8-18/h4-15,17,25H,1-3H3/t17-/m1/s1. The molecule has 0 saturated heterocycles. The van der Waals surface area contributed by atoms with Crippen molar-refractivity contribution in [2.45, 2.75) is 24.8 Å². The predicted molar refractivity (Wildman–Crippen MR) is 115 cm³/mol. The zero-order valence-corrected chi connectivity index (χ0v) is 17.8. The molecule has 0 radical (unpaired) electrons. The molecule has 1 N–H and O–H groups in total. The first-order chi connectivity index (χ1) is 14.2. The molecule has 0 fully saturated rings. The van der Waals surface area contributed by atoms with Gasteiger partial charge in [0.1, 0.15) is 5.82 Å². The summed E-state index contributed by atoms with van der Waals surface area (Å²) >= 11 is 0. The number of anilines is 1. The number of nitrogens with one attached hydrogen (secondary N) is 1. The van der Waals surface area contributed by atoms with Gasteiger partial charge in [0.05, 0.1) is 10.9 Å². The molecule has 1 atom stereocenters. The summed E-state index contributed by atoms with van der Waals surface area (Å²) in [4.78, 5) is 14.7. The van der Waals surface area contributed by atoms with Crippen molar-refractivity contribution in [2.75, 3.05) is 11.8 Å². The molecule has 0 saturated carbocycles. The van der Waals surface area contributed by atoms with Crippen molar-refractivity contribution in [3.05, 3.63) is 95.3 Å². The number of hydrogen-bond donors (Lipinski definition) is 1. The minimum Gasteiger partial charge on any atom is -0.335 e. The zero-order chi connectivity index (χ0) is 21.9. The summed E-state index contributed by atoms with van der Waals surface area (Å²) in [5, 5.41) is 0. The molecule has 156 valence electrons. The number of rotatable bonds is 6. The molecule has 30 heavy (non-hydrogen) atoms. The Morgan fingerprint density at radius 3 is 2.27 bits per heavy atom. The number of amides is 1. The van der Waals surface area contributed by atoms with Gasteiger partial charge in [0, 0.05) is 18.3 Å². The predicted octanol–water partition coefficient (Wildman–Crippen LogP) is 4.77. The van der Waals surface area contributed by atoms with Gasteiger partial charge in [-0.25, -0.2) is 12.8 Å². The highest BCUT2D eigenvalue weighted by Gasteiger charge is 2.23. The van der Waals surface area contributed by atoms with Gasteiger partial charge in [-0.3, -0.25) is 9.52 Å². The second-order valence-corrected chi connectivity index (χ2v) is 8.77. The Hall–Kier alpha value is -3.19. The zero-order valence-electron chi connectivity index (χ0n) is 17.0. The van der Waals surface area contributed by atoms with Gasteiger partial charge in [-0.15, -0.1) is 0 Å². The van der Waals surface area contributed by atoms with E-state index in [4.69, 9.17) is 0 Å². The van der Waals surface area contributed by atoms with Gasteiger partial charge in [0.2, 0.25) is 0 Å². The van der Waals surface area contributed by atoms with Crippen LogP contribution < -0.4 is 4.72 Å². The van der Waals surface area contributed by atoms with Crippen LogP contribution in [0.1, 0.15) is 34.5 Å². The van der Waals surface area contributed by atoms with Crippen LogP contribution in [0.15, 0.2) is 77.7 Å². The maximum absolute atomic E-state index is 13.1. The molecule has 3 aromatic rings. The lowest BCUT2D eigenvalue weighted by Gasteiger charge is -2.26. The highest BCUT2D eigenvalue weighted by Crippen LogP contribution is 2.24. The van der Waals surface area contributed by atoms with E-state index in [1.165, 1.54) is 36.4 Å². The minimum absolute atomic E-state index is 0.0402. The van der Waals surface area contributed by atoms with E-state index in [0.29, 0.717) is 11.1 Å². The third-order valence-electron chi connectivity index (χ3n) is 5.03. The Labute approximate surface area is 176 Å². The summed E-state index contributed by atoms with van der Waals surface area (Å²) in [5.41, 5.74) is 2.20. The summed E-state index contributed by atoms with van der Waals surface area (Å²) in [6, 6.07) is 18.8. The fourth-order valence-corrected chi connectivity index (χ4v) is 4.14. The molecule has 0 heterocycles. The number of nitrogens with zero attached hydrogens (tertiary/aromatic N) is 1. The van der Waals surface area contributed by atoms with Crippen molar-refractivity contribution >= 4 is 21.6 Å². The second-order valence-electron chi connectivity index (χ2n) is 7.09. The molecule has 0 aromatic heterocycles. The number of benzene rings is 3. The quantitative estimate of drug-likeness (QED) is 0.618. The molecule has 0 bridgehead atoms. The first kappa shape index (κ1) is 21.5. The molecule has 0 aliphatic heterocycles. The molecule has 0 aliphatic rings. The Morgan fingerprint density at radius 2 is 1.63 bits per heavy atom. The topological polar surface area (TPSA) is 66.5 Å². The third-order valence-corrected chi connectivity index (χ3v) is 6.41. The van der Waals surface area contributed by atoms with E-state index < -0.39 is 15.8 Å². The average molecular weight is 427 g/mol. The first-order valence-electron chi connectivity index (χ1n) is 9.40. The molecule has 3 aromatic carbocycles. The normalized spacial score (nSPS) is 12.3. The van der Waals surface area contributed by atoms with Crippen molar-refractivity contribution in [2.24, 2.45) is 0 Å². The van der Waals surface area contributed by atoms with Crippen LogP contribution in [0.4, 0.5) is 10.1 Å². The second kappa shape index (κ2) is 8.67. The smallest absolute Gasteiger partial charge is 0.261 e. The number of halogens is 1. The van der Waals surface area contributed by atoms with Crippen LogP contribution >= 0.6 is 0 Å². The number of aryl methyl sites for hydroxylation is 1. The number of hydrogen-bond acceptors (Lipinski definition) is 3. The van der Waals surface area contributed by atoms with E-state index >= 15 is 0 Å². The van der Waals surface area contributed by atoms with Crippen molar-refractivity contribution in [3.8, 4) is 0 Å². The SMILES string of the molecule is Cc1ccc(S(=O)(=O)Nc2ccc(F)cc2)cc1C(=O)N(C)[C@H](C)c1ccccc1. The summed E-state index contributed by atoms with van der Waals surface area (Å²) in [5.74, 6) is -0.737. The van der Waals surface area contributed by atoms with E-state index in [9.17, 15) is 17.6 Å². The molecule has 7 heteroatoms. The highest BCUT2D eigenvalue weighted by atomic mass is 32.2. The molecule has 3 rings (SSSR count). The molecular weight excluding hydrogens is 403 g/mol. The number of carbonyl (C=O) groups excluding carboxylic acids is 1. The Bertz CT molecular complexity index is 1150. The Morgan fingerprint density at radius 1 is 1.00 bits per heavy atom. The molecule has 1 amide bonds. The van der Waals surface area contributed by atoms with Crippen molar-refractivity contribution in [3.63, 3.8) is 0 Å². The summed E-state index contributed by atoms with van der Waals surface area (Å²) < 4.78 is 41.0. The van der Waals surface area contributed by atoms with E-state index in [-0.39, 0.29) is 22.5 Å². The van der Waals surface area contributed by atoms with Crippen LogP contribution in [0.25, 0.3) is 0 Å². The lowest BCUT2D eigenvalue weighted by Crippen LogP contribution is -2.30. The first-order valence-corrected chi connectivity index (χ1v) is 10.9. The minimum atomic E-state index is -3.94. The van der Waals surface area contributed by atoms with Crippen LogP contribution in [0.3, 0.4) is 0 Å². The van der Waals surface area contributed by atoms with Crippen molar-refractivity contribution in [1.29, 1.82) is 0 Å². The van der Waals surface area contributed by atoms with Gasteiger partial charge in [-0.2, -0.15) is 0 Å². The summed E-state index contributed by atoms with van der Waals surface area (Å²) in [7, 11) is -2.25. The van der Waals surface area contributed by atoms with Crippen LogP contribution in [0, 0.1) is 12.7 Å². The molecule has 5 nitrogen and oxygen atoms in total. The van der Waals surface area contributed by atoms with Crippen LogP contribution in [0.2, 0.25) is 0 Å². The fraction of sp³-hybridized carbons (Fsp3) is 0.174. The van der Waals surface area contributed by atoms with Gasteiger partial charge in [-0.1, -0.05) is 36.4 Å². The van der Waals surface area contributed by atoms with Crippen LogP contribution in [0.5, 0.6) is 0 Å². The van der Waals surface area contributed by atoms with E-state index in [1.807, 2.05) is 37.3 Å². The fourth-order valence-electron chi connectivity index (χ4n) is 3.05. The number of carbonyl (C=O) groups is 1. The Kier molecular flexibility index (Phi) is 6.22. The molecule has 0 unspecified atom stereocenters. The van der Waals surface area contributed by atoms with Crippen LogP contribution in [-0.2, 0) is 10.0 Å². The van der Waals surface area contributed by atoms with Gasteiger partial charge < -0.3 is 4.90 Å². The summed E-state index contributed by atoms with van der Waals surface area (Å²) in [6.45, 7) is 3.68. The van der Waals surface area contributed by atoms with Gasteiger partial charge in [0.15, 0.2) is 0 Å². The summed E-state index contributed by atoms with van der Waals surface area (Å²) in [6.07, 6.45) is 0. The average Bonchev–Trinajstić information content (AvgIpc) is 2.74. The van der Waals surface area contributed by atoms with Crippen molar-refractivity contribution in [1.82, 2.24) is 4.90 Å². The van der Waals surface area contributed by atoms with E-state index in [0.717, 1.165) is 5.56 Å². The molecule has 0 spiro atoms. The molecular formula is C23H23FN2O3S. The van der Waals surface area contributed by atoms with Gasteiger partial charge in [-0.05, 0) is 61.4 Å². The van der Waals surface area contributed by atoms with Crippen molar-refractivity contribution < 1.29 is 17.6 Å². The lowest BCUT2D eigenvalue weighted by atomic mass is 10.0. The van der Waals surface area contributed by atoms with Gasteiger partial charge in [0.25, 0.3) is 15.9 Å². The van der Waals surface area contributed by atoms with Gasteiger partial charge >= 0.3 is 0 Å².